The van der Waals surface area contributed by atoms with Crippen molar-refractivity contribution in [3.8, 4) is 11.3 Å². The average molecular weight is 438 g/mol. The van der Waals surface area contributed by atoms with Crippen LogP contribution in [0.4, 0.5) is 5.13 Å². The molecule has 0 saturated carbocycles. The predicted octanol–water partition coefficient (Wildman–Crippen LogP) is 4.68. The molecule has 3 aromatic rings. The summed E-state index contributed by atoms with van der Waals surface area (Å²) in [7, 11) is 0. The molecule has 1 aromatic carbocycles. The number of rotatable bonds is 5. The van der Waals surface area contributed by atoms with E-state index in [2.05, 4.69) is 15.6 Å². The second-order valence-corrected chi connectivity index (χ2v) is 8.53. The van der Waals surface area contributed by atoms with E-state index in [1.54, 1.807) is 6.92 Å². The Kier molecular flexibility index (Phi) is 5.73. The van der Waals surface area contributed by atoms with E-state index in [9.17, 15) is 14.4 Å². The number of aromatic nitrogens is 1. The molecule has 2 aromatic heterocycles. The summed E-state index contributed by atoms with van der Waals surface area (Å²) in [6, 6.07) is 7.68. The molecule has 1 aliphatic carbocycles. The first-order valence-corrected chi connectivity index (χ1v) is 11.0. The van der Waals surface area contributed by atoms with E-state index in [0.29, 0.717) is 34.9 Å². The van der Waals surface area contributed by atoms with Gasteiger partial charge < -0.3 is 9.73 Å². The number of carbonyl (C=O) groups excluding carboxylic acids is 3. The van der Waals surface area contributed by atoms with Crippen molar-refractivity contribution in [1.82, 2.24) is 10.3 Å². The fourth-order valence-corrected chi connectivity index (χ4v) is 4.53. The number of nitrogens with zero attached hydrogens (tertiary/aromatic N) is 1. The van der Waals surface area contributed by atoms with Gasteiger partial charge in [0.25, 0.3) is 5.91 Å². The lowest BCUT2D eigenvalue weighted by Crippen LogP contribution is -2.23. The predicted molar refractivity (Wildman–Crippen MR) is 118 cm³/mol. The number of benzene rings is 1. The van der Waals surface area contributed by atoms with Crippen molar-refractivity contribution in [2.24, 2.45) is 0 Å². The third kappa shape index (κ3) is 4.29. The van der Waals surface area contributed by atoms with Crippen LogP contribution in [0.1, 0.15) is 70.5 Å². The Bertz CT molecular complexity index is 1160. The number of amides is 2. The summed E-state index contributed by atoms with van der Waals surface area (Å²) in [5.41, 5.74) is 3.80. The first-order chi connectivity index (χ1) is 14.8. The van der Waals surface area contributed by atoms with Crippen LogP contribution in [-0.2, 0) is 11.2 Å². The lowest BCUT2D eigenvalue weighted by molar-refractivity contribution is -0.119. The smallest absolute Gasteiger partial charge is 0.293 e. The zero-order chi connectivity index (χ0) is 22.1. The van der Waals surface area contributed by atoms with Crippen LogP contribution >= 0.6 is 11.3 Å². The van der Waals surface area contributed by atoms with E-state index < -0.39 is 5.91 Å². The lowest BCUT2D eigenvalue weighted by Gasteiger charge is -2.12. The number of nitrogens with one attached hydrogen (secondary N) is 2. The van der Waals surface area contributed by atoms with E-state index >= 15 is 0 Å². The Balaban J connectivity index is 1.48. The van der Waals surface area contributed by atoms with Gasteiger partial charge in [-0.3, -0.25) is 19.7 Å². The third-order valence-corrected chi connectivity index (χ3v) is 6.12. The van der Waals surface area contributed by atoms with Gasteiger partial charge in [0, 0.05) is 36.3 Å². The first-order valence-electron chi connectivity index (χ1n) is 10.1. The molecule has 2 N–H and O–H groups in total. The van der Waals surface area contributed by atoms with Gasteiger partial charge in [-0.25, -0.2) is 4.98 Å². The number of carbonyl (C=O) groups is 3. The standard InChI is InChI=1S/C23H23N3O4S/c1-12-20-18(28)5-4-6-19(20)30-21(12)22(29)26-23-25-17(11-31-23)16-9-7-15(8-10-16)13(2)24-14(3)27/h7-11,13H,4-6H2,1-3H3,(H,24,27)(H,25,26,29)/t13-/m1/s1. The first kappa shape index (κ1) is 21.0. The zero-order valence-electron chi connectivity index (χ0n) is 17.6. The van der Waals surface area contributed by atoms with Crippen LogP contribution < -0.4 is 10.6 Å². The molecule has 0 fully saturated rings. The van der Waals surface area contributed by atoms with Crippen LogP contribution in [0.25, 0.3) is 11.3 Å². The minimum Gasteiger partial charge on any atom is -0.455 e. The van der Waals surface area contributed by atoms with Crippen molar-refractivity contribution in [3.05, 3.63) is 57.9 Å². The van der Waals surface area contributed by atoms with Crippen LogP contribution in [0.5, 0.6) is 0 Å². The van der Waals surface area contributed by atoms with Gasteiger partial charge in [-0.1, -0.05) is 24.3 Å². The van der Waals surface area contributed by atoms with E-state index in [1.807, 2.05) is 36.6 Å². The van der Waals surface area contributed by atoms with Crippen molar-refractivity contribution < 1.29 is 18.8 Å². The Morgan fingerprint density at radius 2 is 1.94 bits per heavy atom. The molecule has 7 nitrogen and oxygen atoms in total. The molecule has 0 spiro atoms. The molecule has 4 rings (SSSR count). The van der Waals surface area contributed by atoms with Crippen LogP contribution in [0.2, 0.25) is 0 Å². The molecule has 0 saturated heterocycles. The van der Waals surface area contributed by atoms with Gasteiger partial charge >= 0.3 is 0 Å². The van der Waals surface area contributed by atoms with Gasteiger partial charge in [0.1, 0.15) is 5.76 Å². The molecule has 8 heteroatoms. The molecule has 0 unspecified atom stereocenters. The molecular formula is C23H23N3O4S. The second-order valence-electron chi connectivity index (χ2n) is 7.67. The molecular weight excluding hydrogens is 414 g/mol. The largest absolute Gasteiger partial charge is 0.455 e. The Labute approximate surface area is 183 Å². The Hall–Kier alpha value is -3.26. The van der Waals surface area contributed by atoms with Gasteiger partial charge in [0.2, 0.25) is 5.91 Å². The van der Waals surface area contributed by atoms with E-state index in [-0.39, 0.29) is 23.5 Å². The summed E-state index contributed by atoms with van der Waals surface area (Å²) < 4.78 is 5.71. The highest BCUT2D eigenvalue weighted by molar-refractivity contribution is 7.14. The maximum atomic E-state index is 12.7. The third-order valence-electron chi connectivity index (χ3n) is 5.36. The summed E-state index contributed by atoms with van der Waals surface area (Å²) in [5, 5.41) is 7.96. The highest BCUT2D eigenvalue weighted by Gasteiger charge is 2.29. The fourth-order valence-electron chi connectivity index (χ4n) is 3.81. The summed E-state index contributed by atoms with van der Waals surface area (Å²) in [4.78, 5) is 40.6. The summed E-state index contributed by atoms with van der Waals surface area (Å²) in [6.07, 6.45) is 1.91. The van der Waals surface area contributed by atoms with E-state index in [1.165, 1.54) is 18.3 Å². The molecule has 2 heterocycles. The fraction of sp³-hybridized carbons (Fsp3) is 0.304. The van der Waals surface area contributed by atoms with Gasteiger partial charge in [-0.15, -0.1) is 11.3 Å². The Morgan fingerprint density at radius 1 is 1.19 bits per heavy atom. The average Bonchev–Trinajstić information content (AvgIpc) is 3.33. The van der Waals surface area contributed by atoms with Gasteiger partial charge in [0.15, 0.2) is 16.7 Å². The maximum Gasteiger partial charge on any atom is 0.293 e. The molecule has 160 valence electrons. The van der Waals surface area contributed by atoms with Crippen LogP contribution in [0, 0.1) is 6.92 Å². The van der Waals surface area contributed by atoms with Crippen molar-refractivity contribution >= 4 is 34.1 Å². The van der Waals surface area contributed by atoms with Crippen LogP contribution in [0.15, 0.2) is 34.1 Å². The van der Waals surface area contributed by atoms with Crippen LogP contribution in [-0.4, -0.2) is 22.6 Å². The monoisotopic (exact) mass is 437 g/mol. The second kappa shape index (κ2) is 8.47. The highest BCUT2D eigenvalue weighted by atomic mass is 32.1. The number of thiazole rings is 1. The number of Topliss-reactive ketones (excluding diaryl/α,β-unsaturated/α-hetero) is 1. The number of aryl methyl sites for hydroxylation is 1. The van der Waals surface area contributed by atoms with Crippen molar-refractivity contribution in [2.75, 3.05) is 5.32 Å². The Morgan fingerprint density at radius 3 is 2.61 bits per heavy atom. The molecule has 0 aliphatic heterocycles. The number of ketones is 1. The SMILES string of the molecule is CC(=O)N[C@H](C)c1ccc(-c2csc(NC(=O)c3oc4c(c3C)C(=O)CCC4)n2)cc1. The molecule has 0 radical (unpaired) electrons. The van der Waals surface area contributed by atoms with E-state index in [0.717, 1.165) is 23.2 Å². The van der Waals surface area contributed by atoms with Crippen molar-refractivity contribution in [1.29, 1.82) is 0 Å². The molecule has 0 bridgehead atoms. The lowest BCUT2D eigenvalue weighted by atomic mass is 9.94. The molecule has 2 amide bonds. The minimum absolute atomic E-state index is 0.0364. The zero-order valence-corrected chi connectivity index (χ0v) is 18.4. The van der Waals surface area contributed by atoms with Gasteiger partial charge in [-0.2, -0.15) is 0 Å². The number of furan rings is 1. The number of fused-ring (bicyclic) bond motifs is 1. The minimum atomic E-state index is -0.403. The topological polar surface area (TPSA) is 101 Å². The number of anilines is 1. The van der Waals surface area contributed by atoms with Gasteiger partial charge in [-0.05, 0) is 25.8 Å². The van der Waals surface area contributed by atoms with Gasteiger partial charge in [0.05, 0.1) is 17.3 Å². The maximum absolute atomic E-state index is 12.7. The summed E-state index contributed by atoms with van der Waals surface area (Å²) >= 11 is 1.32. The molecule has 1 aliphatic rings. The van der Waals surface area contributed by atoms with Crippen molar-refractivity contribution in [3.63, 3.8) is 0 Å². The highest BCUT2D eigenvalue weighted by Crippen LogP contribution is 2.31. The molecule has 1 atom stereocenters. The summed E-state index contributed by atoms with van der Waals surface area (Å²) in [6.45, 7) is 5.17. The summed E-state index contributed by atoms with van der Waals surface area (Å²) in [5.74, 6) is 0.337. The van der Waals surface area contributed by atoms with Crippen molar-refractivity contribution in [2.45, 2.75) is 46.1 Å². The number of hydrogen-bond acceptors (Lipinski definition) is 6. The normalized spacial score (nSPS) is 14.1. The quantitative estimate of drug-likeness (QED) is 0.603. The molecule has 31 heavy (non-hydrogen) atoms. The van der Waals surface area contributed by atoms with E-state index in [4.69, 9.17) is 4.42 Å². The number of hydrogen-bond donors (Lipinski definition) is 2. The van der Waals surface area contributed by atoms with Crippen LogP contribution in [0.3, 0.4) is 0 Å².